The third-order valence-electron chi connectivity index (χ3n) is 0. The maximum atomic E-state index is 6.88. The van der Waals surface area contributed by atoms with Crippen LogP contribution in [0.5, 0.6) is 0 Å². The molecule has 0 spiro atoms. The fourth-order valence-electron chi connectivity index (χ4n) is 0. The van der Waals surface area contributed by atoms with Crippen LogP contribution in [0.2, 0.25) is 0 Å². The van der Waals surface area contributed by atoms with E-state index in [1.54, 1.807) is 0 Å². The summed E-state index contributed by atoms with van der Waals surface area (Å²) in [6.07, 6.45) is 0. The average Bonchev–Trinajstić information content (AvgIpc) is 0.918. The van der Waals surface area contributed by atoms with Crippen LogP contribution in [0.25, 0.3) is 10.8 Å². The van der Waals surface area contributed by atoms with Crippen molar-refractivity contribution in [2.75, 3.05) is 0 Å². The Morgan fingerprint density at radius 2 is 1.25 bits per heavy atom. The van der Waals surface area contributed by atoms with E-state index in [1.807, 2.05) is 0 Å². The van der Waals surface area contributed by atoms with Crippen molar-refractivity contribution in [1.82, 2.24) is 0 Å². The van der Waals surface area contributed by atoms with Crippen LogP contribution in [0.4, 0.5) is 0 Å². The largest absolute Gasteiger partial charge is 2.00 e. The molecule has 2 nitrogen and oxygen atoms in total. The quantitative estimate of drug-likeness (QED) is 0.314. The second kappa shape index (κ2) is 12.0. The Labute approximate surface area is 37.0 Å². The van der Waals surface area contributed by atoms with Crippen molar-refractivity contribution in [1.29, 1.82) is 0 Å². The van der Waals surface area contributed by atoms with E-state index in [1.165, 1.54) is 0 Å². The minimum atomic E-state index is 0. The Hall–Kier alpha value is 0.00338. The average molecular weight is 105 g/mol. The molecule has 0 aliphatic heterocycles. The second-order valence-electron chi connectivity index (χ2n) is 0.100. The molecule has 0 unspecified atom stereocenters. The molecule has 4 heavy (non-hydrogen) atoms. The van der Waals surface area contributed by atoms with Gasteiger partial charge in [0, 0.05) is 0 Å². The van der Waals surface area contributed by atoms with Crippen LogP contribution >= 0.6 is 0 Å². The molecule has 0 aromatic heterocycles. The van der Waals surface area contributed by atoms with Gasteiger partial charge in [0.2, 0.25) is 0 Å². The first-order valence-electron chi connectivity index (χ1n) is 0.447. The topological polar surface area (TPSA) is 44.6 Å². The summed E-state index contributed by atoms with van der Waals surface area (Å²) in [6, 6.07) is 0.750. The fourth-order valence-corrected chi connectivity index (χ4v) is 0. The van der Waals surface area contributed by atoms with E-state index >= 15 is 0 Å². The van der Waals surface area contributed by atoms with Gasteiger partial charge in [0.25, 0.3) is 0 Å². The molecule has 0 rings (SSSR count). The smallest absolute Gasteiger partial charge is 0.786 e. The first kappa shape index (κ1) is 9.00. The molecule has 0 amide bonds. The molecule has 0 saturated heterocycles. The van der Waals surface area contributed by atoms with Gasteiger partial charge in [-0.05, 0) is 0 Å². The van der Waals surface area contributed by atoms with E-state index in [9.17, 15) is 0 Å². The van der Waals surface area contributed by atoms with Crippen LogP contribution in [0.1, 0.15) is 0 Å². The van der Waals surface area contributed by atoms with Gasteiger partial charge < -0.3 is 16.8 Å². The molecule has 0 bridgehead atoms. The van der Waals surface area contributed by atoms with E-state index < -0.39 is 0 Å². The molecule has 0 N–H and O–H groups in total. The number of hydrogen-bond donors (Lipinski definition) is 0. The van der Waals surface area contributed by atoms with Gasteiger partial charge >= 0.3 is 19.5 Å². The molecular formula is CN2Zn. The normalized spacial score (nSPS) is 2.00. The Bertz CT molecular complexity index is 27.0. The van der Waals surface area contributed by atoms with Crippen molar-refractivity contribution in [2.45, 2.75) is 0 Å². The molecule has 0 saturated carbocycles. The van der Waals surface area contributed by atoms with E-state index in [2.05, 4.69) is 0 Å². The van der Waals surface area contributed by atoms with Crippen molar-refractivity contribution in [3.05, 3.63) is 10.8 Å². The van der Waals surface area contributed by atoms with Crippen molar-refractivity contribution < 1.29 is 19.5 Å². The van der Waals surface area contributed by atoms with Gasteiger partial charge in [0.05, 0.1) is 0 Å². The molecule has 0 fully saturated rings. The predicted molar refractivity (Wildman–Crippen MR) is 11.7 cm³/mol. The van der Waals surface area contributed by atoms with Crippen LogP contribution in [0.15, 0.2) is 0 Å². The summed E-state index contributed by atoms with van der Waals surface area (Å²) in [6.45, 7) is 0. The van der Waals surface area contributed by atoms with Crippen LogP contribution in [0.3, 0.4) is 0 Å². The number of rotatable bonds is 0. The van der Waals surface area contributed by atoms with E-state index in [0.717, 1.165) is 6.01 Å². The van der Waals surface area contributed by atoms with Gasteiger partial charge in [-0.3, -0.25) is 0 Å². The zero-order valence-corrected chi connectivity index (χ0v) is 5.07. The van der Waals surface area contributed by atoms with Crippen molar-refractivity contribution >= 4 is 6.01 Å². The van der Waals surface area contributed by atoms with Gasteiger partial charge in [-0.1, -0.05) is 0 Å². The maximum Gasteiger partial charge on any atom is 2.00 e. The standard InChI is InChI=1S/CN2.Zn/c2-1-3;/q-2;+2. The SMILES string of the molecule is [N-]=C=[N-].[Zn+2]. The molecule has 0 aromatic rings. The summed E-state index contributed by atoms with van der Waals surface area (Å²) in [5.41, 5.74) is 0. The summed E-state index contributed by atoms with van der Waals surface area (Å²) in [7, 11) is 0. The Balaban J connectivity index is 0. The van der Waals surface area contributed by atoms with Crippen molar-refractivity contribution in [3.8, 4) is 0 Å². The molecule has 0 aliphatic rings. The summed E-state index contributed by atoms with van der Waals surface area (Å²) >= 11 is 0. The maximum absolute atomic E-state index is 6.88. The molecule has 0 aromatic carbocycles. The van der Waals surface area contributed by atoms with Crippen LogP contribution in [0, 0.1) is 0 Å². The van der Waals surface area contributed by atoms with Gasteiger partial charge in [-0.2, -0.15) is 0 Å². The molecule has 0 atom stereocenters. The summed E-state index contributed by atoms with van der Waals surface area (Å²) < 4.78 is 0. The molecule has 0 radical (unpaired) electrons. The number of nitrogens with zero attached hydrogens (tertiary/aromatic N) is 2. The van der Waals surface area contributed by atoms with Gasteiger partial charge in [-0.25, -0.2) is 0 Å². The third-order valence-corrected chi connectivity index (χ3v) is 0. The minimum absolute atomic E-state index is 0. The summed E-state index contributed by atoms with van der Waals surface area (Å²) in [5, 5.41) is 13.8. The Morgan fingerprint density at radius 1 is 1.25 bits per heavy atom. The zero-order chi connectivity index (χ0) is 2.71. The van der Waals surface area contributed by atoms with Crippen molar-refractivity contribution in [3.63, 3.8) is 0 Å². The van der Waals surface area contributed by atoms with Crippen LogP contribution in [-0.2, 0) is 19.5 Å². The Kier molecular flexibility index (Phi) is 26.9. The monoisotopic (exact) mass is 104 g/mol. The van der Waals surface area contributed by atoms with E-state index in [0.29, 0.717) is 0 Å². The minimum Gasteiger partial charge on any atom is -0.786 e. The van der Waals surface area contributed by atoms with Gasteiger partial charge in [-0.15, -0.1) is 0 Å². The summed E-state index contributed by atoms with van der Waals surface area (Å²) in [4.78, 5) is 0. The van der Waals surface area contributed by atoms with E-state index in [-0.39, 0.29) is 19.5 Å². The van der Waals surface area contributed by atoms with Gasteiger partial charge in [0.1, 0.15) is 0 Å². The first-order valence-corrected chi connectivity index (χ1v) is 0.447. The fraction of sp³-hybridized carbons (Fsp3) is 0. The molecule has 16 valence electrons. The van der Waals surface area contributed by atoms with Crippen molar-refractivity contribution in [2.24, 2.45) is 0 Å². The summed E-state index contributed by atoms with van der Waals surface area (Å²) in [5.74, 6) is 0. The van der Waals surface area contributed by atoms with Crippen LogP contribution in [-0.4, -0.2) is 6.01 Å². The molecule has 0 aliphatic carbocycles. The first-order chi connectivity index (χ1) is 1.41. The Morgan fingerprint density at radius 3 is 1.25 bits per heavy atom. The molecule has 0 heterocycles. The van der Waals surface area contributed by atoms with E-state index in [4.69, 9.17) is 10.8 Å². The predicted octanol–water partition coefficient (Wildman–Crippen LogP) is 0.297. The second-order valence-corrected chi connectivity index (χ2v) is 0.100. The molecular weight excluding hydrogens is 105 g/mol. The number of hydrogen-bond acceptors (Lipinski definition) is 0. The zero-order valence-electron chi connectivity index (χ0n) is 2.10. The molecule has 3 heteroatoms. The van der Waals surface area contributed by atoms with Crippen LogP contribution < -0.4 is 0 Å². The van der Waals surface area contributed by atoms with Gasteiger partial charge in [0.15, 0.2) is 0 Å². The third kappa shape index (κ3) is 177000.